The van der Waals surface area contributed by atoms with Crippen LogP contribution >= 0.6 is 0 Å². The number of nitrogens with zero attached hydrogens (tertiary/aromatic N) is 1. The minimum atomic E-state index is -0.200. The van der Waals surface area contributed by atoms with Gasteiger partial charge in [0.25, 0.3) is 5.91 Å². The van der Waals surface area contributed by atoms with Crippen molar-refractivity contribution in [1.82, 2.24) is 10.3 Å². The highest BCUT2D eigenvalue weighted by atomic mass is 16.5. The molecule has 0 atom stereocenters. The number of aromatic nitrogens is 1. The number of anilines is 1. The number of pyridine rings is 1. The highest BCUT2D eigenvalue weighted by Crippen LogP contribution is 2.17. The quantitative estimate of drug-likeness (QED) is 0.779. The number of rotatable bonds is 8. The van der Waals surface area contributed by atoms with Gasteiger partial charge < -0.3 is 15.4 Å². The van der Waals surface area contributed by atoms with E-state index in [0.717, 1.165) is 5.69 Å². The molecule has 0 saturated carbocycles. The van der Waals surface area contributed by atoms with Gasteiger partial charge in [-0.05, 0) is 24.3 Å². The number of amides is 2. The van der Waals surface area contributed by atoms with Gasteiger partial charge in [-0.3, -0.25) is 14.6 Å². The Kier molecular flexibility index (Phi) is 6.76. The molecule has 0 fully saturated rings. The van der Waals surface area contributed by atoms with Crippen LogP contribution in [0.5, 0.6) is 5.75 Å². The van der Waals surface area contributed by atoms with E-state index in [-0.39, 0.29) is 18.4 Å². The van der Waals surface area contributed by atoms with E-state index in [0.29, 0.717) is 30.8 Å². The Morgan fingerprint density at radius 2 is 2.00 bits per heavy atom. The zero-order chi connectivity index (χ0) is 17.2. The van der Waals surface area contributed by atoms with Crippen molar-refractivity contribution in [3.63, 3.8) is 0 Å². The summed E-state index contributed by atoms with van der Waals surface area (Å²) in [6.07, 6.45) is 2.81. The average Bonchev–Trinajstić information content (AvgIpc) is 2.61. The summed E-state index contributed by atoms with van der Waals surface area (Å²) >= 11 is 0. The summed E-state index contributed by atoms with van der Waals surface area (Å²) in [5.41, 5.74) is 1.58. The lowest BCUT2D eigenvalue weighted by Crippen LogP contribution is -2.30. The normalized spacial score (nSPS) is 10.0. The molecule has 1 heterocycles. The van der Waals surface area contributed by atoms with E-state index in [4.69, 9.17) is 4.74 Å². The van der Waals surface area contributed by atoms with E-state index in [1.165, 1.54) is 0 Å². The topological polar surface area (TPSA) is 80.3 Å². The first-order valence-corrected chi connectivity index (χ1v) is 7.86. The van der Waals surface area contributed by atoms with Crippen molar-refractivity contribution in [2.45, 2.75) is 19.8 Å². The minimum absolute atomic E-state index is 0.0700. The first kappa shape index (κ1) is 17.5. The summed E-state index contributed by atoms with van der Waals surface area (Å²) in [6.45, 7) is 2.21. The monoisotopic (exact) mass is 327 g/mol. The Balaban J connectivity index is 1.73. The van der Waals surface area contributed by atoms with Crippen LogP contribution in [0.3, 0.4) is 0 Å². The maximum atomic E-state index is 11.8. The minimum Gasteiger partial charge on any atom is -0.484 e. The van der Waals surface area contributed by atoms with Crippen molar-refractivity contribution >= 4 is 17.5 Å². The Labute approximate surface area is 141 Å². The fourth-order valence-corrected chi connectivity index (χ4v) is 1.99. The van der Waals surface area contributed by atoms with Gasteiger partial charge >= 0.3 is 0 Å². The fourth-order valence-electron chi connectivity index (χ4n) is 1.99. The van der Waals surface area contributed by atoms with Crippen LogP contribution in [0.1, 0.15) is 19.0 Å². The van der Waals surface area contributed by atoms with Gasteiger partial charge in [-0.15, -0.1) is 0 Å². The van der Waals surface area contributed by atoms with Gasteiger partial charge in [-0.25, -0.2) is 0 Å². The summed E-state index contributed by atoms with van der Waals surface area (Å²) in [5.74, 6) is 0.261. The van der Waals surface area contributed by atoms with Gasteiger partial charge in [0, 0.05) is 43.0 Å². The molecule has 6 nitrogen and oxygen atoms in total. The SMILES string of the molecule is CCC(=O)Nc1cccc(OCC(=O)NCCc2ccccn2)c1. The first-order chi connectivity index (χ1) is 11.7. The zero-order valence-corrected chi connectivity index (χ0v) is 13.6. The van der Waals surface area contributed by atoms with Crippen LogP contribution in [0.15, 0.2) is 48.7 Å². The van der Waals surface area contributed by atoms with E-state index in [9.17, 15) is 9.59 Å². The molecule has 24 heavy (non-hydrogen) atoms. The van der Waals surface area contributed by atoms with Gasteiger partial charge in [0.15, 0.2) is 6.61 Å². The lowest BCUT2D eigenvalue weighted by molar-refractivity contribution is -0.123. The van der Waals surface area contributed by atoms with Crippen LogP contribution in [-0.2, 0) is 16.0 Å². The second kappa shape index (κ2) is 9.29. The number of carbonyl (C=O) groups excluding carboxylic acids is 2. The van der Waals surface area contributed by atoms with Crippen LogP contribution < -0.4 is 15.4 Å². The molecule has 0 saturated heterocycles. The molecule has 2 rings (SSSR count). The number of benzene rings is 1. The third-order valence-electron chi connectivity index (χ3n) is 3.24. The molecule has 0 spiro atoms. The molecule has 126 valence electrons. The van der Waals surface area contributed by atoms with Crippen LogP contribution in [0.25, 0.3) is 0 Å². The number of carbonyl (C=O) groups is 2. The van der Waals surface area contributed by atoms with Crippen molar-refractivity contribution < 1.29 is 14.3 Å². The van der Waals surface area contributed by atoms with Crippen molar-refractivity contribution in [3.05, 3.63) is 54.4 Å². The molecule has 0 aliphatic heterocycles. The van der Waals surface area contributed by atoms with Crippen LogP contribution in [0.4, 0.5) is 5.69 Å². The molecule has 0 unspecified atom stereocenters. The predicted molar refractivity (Wildman–Crippen MR) is 91.8 cm³/mol. The van der Waals surface area contributed by atoms with E-state index >= 15 is 0 Å². The van der Waals surface area contributed by atoms with Gasteiger partial charge in [0.05, 0.1) is 0 Å². The molecule has 0 bridgehead atoms. The van der Waals surface area contributed by atoms with E-state index < -0.39 is 0 Å². The van der Waals surface area contributed by atoms with Crippen molar-refractivity contribution in [3.8, 4) is 5.75 Å². The molecule has 1 aromatic heterocycles. The number of hydrogen-bond donors (Lipinski definition) is 2. The number of nitrogens with one attached hydrogen (secondary N) is 2. The van der Waals surface area contributed by atoms with Gasteiger partial charge in [0.2, 0.25) is 5.91 Å². The maximum Gasteiger partial charge on any atom is 0.257 e. The second-order valence-corrected chi connectivity index (χ2v) is 5.14. The molecule has 0 aliphatic rings. The Hall–Kier alpha value is -2.89. The summed E-state index contributed by atoms with van der Waals surface area (Å²) in [5, 5.41) is 5.53. The van der Waals surface area contributed by atoms with Gasteiger partial charge in [-0.2, -0.15) is 0 Å². The standard InChI is InChI=1S/C18H21N3O3/c1-2-17(22)21-15-7-5-8-16(12-15)24-13-18(23)20-11-9-14-6-3-4-10-19-14/h3-8,10,12H,2,9,11,13H2,1H3,(H,20,23)(H,21,22). The Morgan fingerprint density at radius 3 is 2.75 bits per heavy atom. The molecule has 2 aromatic rings. The largest absolute Gasteiger partial charge is 0.484 e. The van der Waals surface area contributed by atoms with Crippen molar-refractivity contribution in [1.29, 1.82) is 0 Å². The van der Waals surface area contributed by atoms with E-state index in [1.807, 2.05) is 18.2 Å². The molecule has 0 aliphatic carbocycles. The Morgan fingerprint density at radius 1 is 1.12 bits per heavy atom. The lowest BCUT2D eigenvalue weighted by Gasteiger charge is -2.09. The van der Waals surface area contributed by atoms with Crippen LogP contribution in [0, 0.1) is 0 Å². The molecule has 0 radical (unpaired) electrons. The zero-order valence-electron chi connectivity index (χ0n) is 13.6. The molecular weight excluding hydrogens is 306 g/mol. The van der Waals surface area contributed by atoms with E-state index in [1.54, 1.807) is 37.4 Å². The summed E-state index contributed by atoms with van der Waals surface area (Å²) in [7, 11) is 0. The average molecular weight is 327 g/mol. The third kappa shape index (κ3) is 6.08. The van der Waals surface area contributed by atoms with Gasteiger partial charge in [-0.1, -0.05) is 19.1 Å². The van der Waals surface area contributed by atoms with Crippen LogP contribution in [0.2, 0.25) is 0 Å². The summed E-state index contributed by atoms with van der Waals surface area (Å²) in [6, 6.07) is 12.6. The highest BCUT2D eigenvalue weighted by molar-refractivity contribution is 5.90. The summed E-state index contributed by atoms with van der Waals surface area (Å²) in [4.78, 5) is 27.4. The molecule has 2 N–H and O–H groups in total. The first-order valence-electron chi connectivity index (χ1n) is 7.86. The van der Waals surface area contributed by atoms with Crippen molar-refractivity contribution in [2.75, 3.05) is 18.5 Å². The third-order valence-corrected chi connectivity index (χ3v) is 3.24. The molecular formula is C18H21N3O3. The number of hydrogen-bond acceptors (Lipinski definition) is 4. The van der Waals surface area contributed by atoms with Gasteiger partial charge in [0.1, 0.15) is 5.75 Å². The van der Waals surface area contributed by atoms with E-state index in [2.05, 4.69) is 15.6 Å². The molecule has 6 heteroatoms. The van der Waals surface area contributed by atoms with Crippen molar-refractivity contribution in [2.24, 2.45) is 0 Å². The lowest BCUT2D eigenvalue weighted by atomic mass is 10.3. The summed E-state index contributed by atoms with van der Waals surface area (Å²) < 4.78 is 5.45. The predicted octanol–water partition coefficient (Wildman–Crippen LogP) is 2.17. The molecule has 2 amide bonds. The Bertz CT molecular complexity index is 674. The highest BCUT2D eigenvalue weighted by Gasteiger charge is 2.04. The number of ether oxygens (including phenoxy) is 1. The maximum absolute atomic E-state index is 11.8. The van der Waals surface area contributed by atoms with Crippen LogP contribution in [-0.4, -0.2) is 29.9 Å². The molecule has 1 aromatic carbocycles. The second-order valence-electron chi connectivity index (χ2n) is 5.14. The fraction of sp³-hybridized carbons (Fsp3) is 0.278. The smallest absolute Gasteiger partial charge is 0.257 e.